The summed E-state index contributed by atoms with van der Waals surface area (Å²) in [6, 6.07) is 0. The third-order valence-electron chi connectivity index (χ3n) is 1.48. The van der Waals surface area contributed by atoms with E-state index in [0.29, 0.717) is 0 Å². The van der Waals surface area contributed by atoms with Crippen molar-refractivity contribution in [1.29, 1.82) is 0 Å². The molecule has 4 heteroatoms. The Balaban J connectivity index is 0.000000810. The summed E-state index contributed by atoms with van der Waals surface area (Å²) in [6.07, 6.45) is 1.29. The first-order valence-corrected chi connectivity index (χ1v) is 5.48. The molecule has 0 aromatic carbocycles. The molecular formula is C6H13BrMgO2. The number of ether oxygens (including phenoxy) is 2. The summed E-state index contributed by atoms with van der Waals surface area (Å²) in [5.41, 5.74) is 0. The number of hydrogen-bond donors (Lipinski definition) is 0. The van der Waals surface area contributed by atoms with Crippen molar-refractivity contribution in [2.24, 2.45) is 0 Å². The first-order chi connectivity index (χ1) is 4.43. The average molecular weight is 221 g/mol. The summed E-state index contributed by atoms with van der Waals surface area (Å²) in [6.45, 7) is 3.85. The molecule has 1 saturated heterocycles. The van der Waals surface area contributed by atoms with Crippen LogP contribution in [0.4, 0.5) is 0 Å². The van der Waals surface area contributed by atoms with Crippen LogP contribution in [0.25, 0.3) is 0 Å². The van der Waals surface area contributed by atoms with Crippen LogP contribution in [0.5, 0.6) is 0 Å². The van der Waals surface area contributed by atoms with E-state index in [9.17, 15) is 0 Å². The van der Waals surface area contributed by atoms with Gasteiger partial charge in [-0.15, -0.1) is 21.5 Å². The largest absolute Gasteiger partial charge is 0.452 e. The maximum Gasteiger partial charge on any atom is 0.452 e. The zero-order valence-electron chi connectivity index (χ0n) is 6.34. The standard InChI is InChI=1S/C3H5O2.C3H7.BrH.Mg/c1-2-5-3-4-1;1-3-2;;/h3H,1-2H2;1,3H2,2H3;1H;. The van der Waals surface area contributed by atoms with Crippen molar-refractivity contribution >= 4 is 37.3 Å². The molecule has 2 nitrogen and oxygen atoms in total. The van der Waals surface area contributed by atoms with E-state index in [2.05, 4.69) is 6.92 Å². The molecule has 10 heavy (non-hydrogen) atoms. The number of rotatable bonds is 3. The Kier molecular flexibility index (Phi) is 7.65. The van der Waals surface area contributed by atoms with Crippen LogP contribution in [0.3, 0.4) is 0 Å². The summed E-state index contributed by atoms with van der Waals surface area (Å²) in [5.74, 6) is 0. The average Bonchev–Trinajstić information content (AvgIpc) is 2.34. The minimum Gasteiger partial charge on any atom is -0.379 e. The second kappa shape index (κ2) is 6.85. The molecule has 0 N–H and O–H groups in total. The fourth-order valence-electron chi connectivity index (χ4n) is 0.945. The second-order valence-electron chi connectivity index (χ2n) is 2.31. The Morgan fingerprint density at radius 2 is 2.00 bits per heavy atom. The Morgan fingerprint density at radius 3 is 2.50 bits per heavy atom. The predicted molar refractivity (Wildman–Crippen MR) is 46.9 cm³/mol. The second-order valence-corrected chi connectivity index (χ2v) is 4.26. The molecule has 1 aliphatic heterocycles. The molecule has 0 spiro atoms. The maximum absolute atomic E-state index is 5.29. The van der Waals surface area contributed by atoms with Gasteiger partial charge in [-0.3, -0.25) is 0 Å². The Hall–Kier alpha value is 1.17. The maximum atomic E-state index is 5.29. The van der Waals surface area contributed by atoms with Crippen molar-refractivity contribution in [2.75, 3.05) is 13.2 Å². The van der Waals surface area contributed by atoms with Gasteiger partial charge in [-0.1, -0.05) is 13.3 Å². The van der Waals surface area contributed by atoms with E-state index in [-0.39, 0.29) is 41.8 Å². The van der Waals surface area contributed by atoms with E-state index in [1.54, 1.807) is 0 Å². The fourth-order valence-corrected chi connectivity index (χ4v) is 2.35. The van der Waals surface area contributed by atoms with Gasteiger partial charge >= 0.3 is 20.4 Å². The van der Waals surface area contributed by atoms with Crippen molar-refractivity contribution in [1.82, 2.24) is 0 Å². The minimum atomic E-state index is -0.0567. The van der Waals surface area contributed by atoms with Gasteiger partial charge in [0.2, 0.25) is 0 Å². The topological polar surface area (TPSA) is 18.5 Å². The Bertz CT molecular complexity index is 76.1. The smallest absolute Gasteiger partial charge is 0.379 e. The molecule has 1 rings (SSSR count). The molecule has 0 aromatic rings. The third-order valence-corrected chi connectivity index (χ3v) is 3.54. The van der Waals surface area contributed by atoms with Crippen LogP contribution in [-0.4, -0.2) is 38.0 Å². The van der Waals surface area contributed by atoms with Gasteiger partial charge in [-0.25, -0.2) is 0 Å². The monoisotopic (exact) mass is 220 g/mol. The van der Waals surface area contributed by atoms with Crippen molar-refractivity contribution in [2.45, 2.75) is 22.3 Å². The molecule has 0 atom stereocenters. The van der Waals surface area contributed by atoms with Gasteiger partial charge < -0.3 is 9.47 Å². The molecule has 1 aliphatic rings. The third kappa shape index (κ3) is 4.13. The van der Waals surface area contributed by atoms with E-state index in [1.807, 2.05) is 0 Å². The van der Waals surface area contributed by atoms with E-state index < -0.39 is 0 Å². The number of hydrogen-bond acceptors (Lipinski definition) is 2. The van der Waals surface area contributed by atoms with Gasteiger partial charge in [0, 0.05) is 4.42 Å². The molecule has 1 fully saturated rings. The van der Waals surface area contributed by atoms with E-state index >= 15 is 0 Å². The van der Waals surface area contributed by atoms with Crippen LogP contribution < -0.4 is 0 Å². The van der Waals surface area contributed by atoms with Crippen LogP contribution in [0, 0.1) is 0 Å². The molecule has 0 aliphatic carbocycles. The summed E-state index contributed by atoms with van der Waals surface area (Å²) in [4.78, 5) is 0. The SMILES string of the molecule is Br.CC[CH2][Mg][CH]1OCCO1. The van der Waals surface area contributed by atoms with Crippen LogP contribution in [0.2, 0.25) is 4.55 Å². The molecule has 0 unspecified atom stereocenters. The highest BCUT2D eigenvalue weighted by Gasteiger charge is 2.16. The van der Waals surface area contributed by atoms with Crippen molar-refractivity contribution in [3.05, 3.63) is 0 Å². The zero-order valence-corrected chi connectivity index (χ0v) is 9.46. The van der Waals surface area contributed by atoms with Crippen molar-refractivity contribution in [3.63, 3.8) is 0 Å². The fraction of sp³-hybridized carbons (Fsp3) is 1.00. The van der Waals surface area contributed by atoms with Gasteiger partial charge in [0.15, 0.2) is 0 Å². The van der Waals surface area contributed by atoms with Crippen LogP contribution >= 0.6 is 17.0 Å². The Morgan fingerprint density at radius 1 is 1.40 bits per heavy atom. The zero-order chi connectivity index (χ0) is 6.53. The van der Waals surface area contributed by atoms with Crippen LogP contribution in [-0.2, 0) is 9.47 Å². The summed E-state index contributed by atoms with van der Waals surface area (Å²) in [5, 5.41) is 0. The molecule has 0 bridgehead atoms. The molecule has 58 valence electrons. The predicted octanol–water partition coefficient (Wildman–Crippen LogP) is 1.43. The highest BCUT2D eigenvalue weighted by Crippen LogP contribution is 2.03. The van der Waals surface area contributed by atoms with E-state index in [1.165, 1.54) is 11.0 Å². The lowest BCUT2D eigenvalue weighted by Gasteiger charge is -2.04. The lowest BCUT2D eigenvalue weighted by atomic mass is 10.6. The summed E-state index contributed by atoms with van der Waals surface area (Å²) < 4.78 is 12.2. The van der Waals surface area contributed by atoms with Gasteiger partial charge in [0.1, 0.15) is 0 Å². The van der Waals surface area contributed by atoms with Crippen LogP contribution in [0.1, 0.15) is 13.3 Å². The number of halogens is 1. The molecular weight excluding hydrogens is 208 g/mol. The minimum absolute atomic E-state index is 0. The quantitative estimate of drug-likeness (QED) is 0.671. The first-order valence-electron chi connectivity index (χ1n) is 3.66. The lowest BCUT2D eigenvalue weighted by molar-refractivity contribution is 0.0236. The first kappa shape index (κ1) is 11.2. The van der Waals surface area contributed by atoms with Crippen molar-refractivity contribution in [3.8, 4) is 0 Å². The van der Waals surface area contributed by atoms with Gasteiger partial charge in [-0.05, 0) is 0 Å². The molecule has 0 radical (unpaired) electrons. The Labute approximate surface area is 82.1 Å². The lowest BCUT2D eigenvalue weighted by Crippen LogP contribution is -2.16. The highest BCUT2D eigenvalue weighted by atomic mass is 79.9. The molecule has 1 heterocycles. The van der Waals surface area contributed by atoms with E-state index in [4.69, 9.17) is 9.47 Å². The van der Waals surface area contributed by atoms with Gasteiger partial charge in [0.25, 0.3) is 0 Å². The van der Waals surface area contributed by atoms with Gasteiger partial charge in [-0.2, -0.15) is 0 Å². The molecule has 0 saturated carbocycles. The highest BCUT2D eigenvalue weighted by molar-refractivity contribution is 8.93. The van der Waals surface area contributed by atoms with Gasteiger partial charge in [0.05, 0.1) is 13.2 Å². The van der Waals surface area contributed by atoms with E-state index in [0.717, 1.165) is 13.2 Å². The summed E-state index contributed by atoms with van der Waals surface area (Å²) >= 11 is -0.0567. The molecule has 0 amide bonds. The van der Waals surface area contributed by atoms with Crippen LogP contribution in [0.15, 0.2) is 0 Å². The van der Waals surface area contributed by atoms with Crippen molar-refractivity contribution < 1.29 is 9.47 Å². The molecule has 0 aromatic heterocycles. The normalized spacial score (nSPS) is 18.1. The summed E-state index contributed by atoms with van der Waals surface area (Å²) in [7, 11) is 0.